The Balaban J connectivity index is 1.90. The van der Waals surface area contributed by atoms with E-state index in [-0.39, 0.29) is 0 Å². The van der Waals surface area contributed by atoms with Crippen molar-refractivity contribution in [1.29, 1.82) is 5.26 Å². The lowest BCUT2D eigenvalue weighted by molar-refractivity contribution is 0.322. The summed E-state index contributed by atoms with van der Waals surface area (Å²) in [6.45, 7) is 2.54. The molecule has 1 fully saturated rings. The van der Waals surface area contributed by atoms with E-state index >= 15 is 0 Å². The van der Waals surface area contributed by atoms with Crippen molar-refractivity contribution < 1.29 is 13.2 Å². The van der Waals surface area contributed by atoms with Crippen LogP contribution in [0, 0.1) is 11.3 Å². The van der Waals surface area contributed by atoms with Crippen LogP contribution in [0.3, 0.4) is 0 Å². The number of nitriles is 1. The van der Waals surface area contributed by atoms with Gasteiger partial charge in [0.15, 0.2) is 0 Å². The van der Waals surface area contributed by atoms with Crippen LogP contribution in [0.1, 0.15) is 37.8 Å². The fourth-order valence-corrected chi connectivity index (χ4v) is 4.49. The first-order chi connectivity index (χ1) is 14.3. The highest BCUT2D eigenvalue weighted by atomic mass is 32.2. The lowest BCUT2D eigenvalue weighted by Gasteiger charge is -2.30. The molecule has 0 bridgehead atoms. The van der Waals surface area contributed by atoms with Crippen molar-refractivity contribution in [3.8, 4) is 23.1 Å². The van der Waals surface area contributed by atoms with Crippen LogP contribution in [0.4, 0.5) is 5.69 Å². The molecule has 0 unspecified atom stereocenters. The van der Waals surface area contributed by atoms with Gasteiger partial charge in [0, 0.05) is 24.5 Å². The molecule has 2 aromatic carbocycles. The Hall–Kier alpha value is -2.98. The summed E-state index contributed by atoms with van der Waals surface area (Å²) < 4.78 is 32.9. The topological polar surface area (TPSA) is 75.3 Å². The minimum Gasteiger partial charge on any atom is -0.494 e. The van der Waals surface area contributed by atoms with Crippen LogP contribution in [0.25, 0.3) is 22.2 Å². The third-order valence-electron chi connectivity index (χ3n) is 5.84. The molecule has 1 aromatic heterocycles. The first-order valence-corrected chi connectivity index (χ1v) is 11.9. The lowest BCUT2D eigenvalue weighted by atomic mass is 9.92. The summed E-state index contributed by atoms with van der Waals surface area (Å²) in [5.74, 6) is 0.796. The molecule has 1 saturated carbocycles. The normalized spacial score (nSPS) is 14.3. The summed E-state index contributed by atoms with van der Waals surface area (Å²) in [6, 6.07) is 16.0. The van der Waals surface area contributed by atoms with Crippen LogP contribution in [-0.4, -0.2) is 32.9 Å². The highest BCUT2D eigenvalue weighted by Crippen LogP contribution is 2.43. The fourth-order valence-electron chi connectivity index (χ4n) is 3.99. The van der Waals surface area contributed by atoms with E-state index in [0.29, 0.717) is 23.9 Å². The van der Waals surface area contributed by atoms with Crippen LogP contribution >= 0.6 is 0 Å². The SMILES string of the molecule is CCOc1ccc2c(C#N)c(-c3ccc(N(C)S(C)(=O)=O)cc3)n(C3CCC3)c2c1. The number of hydrogen-bond donors (Lipinski definition) is 0. The maximum absolute atomic E-state index is 11.8. The molecule has 0 radical (unpaired) electrons. The summed E-state index contributed by atoms with van der Waals surface area (Å²) in [5, 5.41) is 10.9. The molecule has 1 aliphatic carbocycles. The van der Waals surface area contributed by atoms with Crippen LogP contribution in [-0.2, 0) is 10.0 Å². The zero-order valence-electron chi connectivity index (χ0n) is 17.4. The van der Waals surface area contributed by atoms with Crippen molar-refractivity contribution in [1.82, 2.24) is 4.57 Å². The van der Waals surface area contributed by atoms with E-state index in [0.717, 1.165) is 40.8 Å². The van der Waals surface area contributed by atoms with E-state index in [9.17, 15) is 13.7 Å². The molecule has 156 valence electrons. The quantitative estimate of drug-likeness (QED) is 0.576. The van der Waals surface area contributed by atoms with Crippen molar-refractivity contribution >= 4 is 26.6 Å². The second-order valence-corrected chi connectivity index (χ2v) is 9.69. The largest absolute Gasteiger partial charge is 0.494 e. The first-order valence-electron chi connectivity index (χ1n) is 10.1. The van der Waals surface area contributed by atoms with Gasteiger partial charge in [-0.2, -0.15) is 5.26 Å². The Morgan fingerprint density at radius 1 is 1.20 bits per heavy atom. The number of benzene rings is 2. The van der Waals surface area contributed by atoms with Gasteiger partial charge in [0.25, 0.3) is 0 Å². The minimum absolute atomic E-state index is 0.347. The van der Waals surface area contributed by atoms with Gasteiger partial charge in [-0.15, -0.1) is 0 Å². The Morgan fingerprint density at radius 2 is 1.90 bits per heavy atom. The predicted octanol–water partition coefficient (Wildman–Crippen LogP) is 4.70. The molecule has 0 N–H and O–H groups in total. The van der Waals surface area contributed by atoms with E-state index in [1.807, 2.05) is 37.3 Å². The Kier molecular flexibility index (Phi) is 5.20. The number of hydrogen-bond acceptors (Lipinski definition) is 4. The summed E-state index contributed by atoms with van der Waals surface area (Å²) in [7, 11) is -1.80. The molecule has 0 atom stereocenters. The van der Waals surface area contributed by atoms with Crippen LogP contribution in [0.5, 0.6) is 5.75 Å². The molecule has 7 heteroatoms. The Bertz CT molecular complexity index is 1230. The monoisotopic (exact) mass is 423 g/mol. The van der Waals surface area contributed by atoms with Crippen molar-refractivity contribution in [2.24, 2.45) is 0 Å². The molecule has 4 rings (SSSR count). The summed E-state index contributed by atoms with van der Waals surface area (Å²) in [6.07, 6.45) is 4.51. The number of ether oxygens (including phenoxy) is 1. The van der Waals surface area contributed by atoms with E-state index in [1.54, 1.807) is 12.1 Å². The van der Waals surface area contributed by atoms with E-state index in [1.165, 1.54) is 24.0 Å². The van der Waals surface area contributed by atoms with Crippen LogP contribution in [0.15, 0.2) is 42.5 Å². The number of fused-ring (bicyclic) bond motifs is 1. The van der Waals surface area contributed by atoms with Gasteiger partial charge < -0.3 is 9.30 Å². The molecular formula is C23H25N3O3S. The predicted molar refractivity (Wildman–Crippen MR) is 119 cm³/mol. The molecular weight excluding hydrogens is 398 g/mol. The van der Waals surface area contributed by atoms with E-state index in [2.05, 4.69) is 10.6 Å². The number of rotatable bonds is 6. The molecule has 6 nitrogen and oxygen atoms in total. The van der Waals surface area contributed by atoms with Gasteiger partial charge in [-0.3, -0.25) is 4.31 Å². The highest BCUT2D eigenvalue weighted by molar-refractivity contribution is 7.92. The summed E-state index contributed by atoms with van der Waals surface area (Å²) >= 11 is 0. The molecule has 1 heterocycles. The average Bonchev–Trinajstić information content (AvgIpc) is 2.99. The van der Waals surface area contributed by atoms with Crippen LogP contribution < -0.4 is 9.04 Å². The van der Waals surface area contributed by atoms with Crippen molar-refractivity contribution in [3.63, 3.8) is 0 Å². The van der Waals surface area contributed by atoms with Crippen molar-refractivity contribution in [2.75, 3.05) is 24.2 Å². The van der Waals surface area contributed by atoms with Crippen molar-refractivity contribution in [3.05, 3.63) is 48.0 Å². The van der Waals surface area contributed by atoms with Gasteiger partial charge in [0.1, 0.15) is 11.8 Å². The van der Waals surface area contributed by atoms with Gasteiger partial charge in [0.2, 0.25) is 10.0 Å². The molecule has 1 aliphatic rings. The van der Waals surface area contributed by atoms with Gasteiger partial charge in [-0.1, -0.05) is 12.1 Å². The number of aromatic nitrogens is 1. The minimum atomic E-state index is -3.33. The first kappa shape index (κ1) is 20.3. The maximum atomic E-state index is 11.8. The molecule has 30 heavy (non-hydrogen) atoms. The number of nitrogens with zero attached hydrogens (tertiary/aromatic N) is 3. The zero-order valence-corrected chi connectivity index (χ0v) is 18.2. The second kappa shape index (κ2) is 7.69. The zero-order chi connectivity index (χ0) is 21.5. The highest BCUT2D eigenvalue weighted by Gasteiger charge is 2.28. The lowest BCUT2D eigenvalue weighted by Crippen LogP contribution is -2.24. The molecule has 3 aromatic rings. The second-order valence-electron chi connectivity index (χ2n) is 7.68. The maximum Gasteiger partial charge on any atom is 0.231 e. The average molecular weight is 424 g/mol. The van der Waals surface area contributed by atoms with E-state index < -0.39 is 10.0 Å². The summed E-state index contributed by atoms with van der Waals surface area (Å²) in [4.78, 5) is 0. The molecule has 0 saturated heterocycles. The van der Waals surface area contributed by atoms with Gasteiger partial charge in [0.05, 0.1) is 35.3 Å². The molecule has 0 spiro atoms. The third kappa shape index (κ3) is 3.41. The van der Waals surface area contributed by atoms with Gasteiger partial charge >= 0.3 is 0 Å². The van der Waals surface area contributed by atoms with E-state index in [4.69, 9.17) is 4.74 Å². The van der Waals surface area contributed by atoms with Gasteiger partial charge in [-0.05, 0) is 56.0 Å². The number of sulfonamides is 1. The smallest absolute Gasteiger partial charge is 0.231 e. The standard InChI is InChI=1S/C23H25N3O3S/c1-4-29-19-12-13-20-21(15-24)23(26(22(20)14-19)18-6-5-7-18)16-8-10-17(11-9-16)25(2)30(3,27)28/h8-14,18H,4-7H2,1-3H3. The summed E-state index contributed by atoms with van der Waals surface area (Å²) in [5.41, 5.74) is 4.03. The fraction of sp³-hybridized carbons (Fsp3) is 0.348. The van der Waals surface area contributed by atoms with Crippen molar-refractivity contribution in [2.45, 2.75) is 32.2 Å². The Labute approximate surface area is 177 Å². The van der Waals surface area contributed by atoms with Gasteiger partial charge in [-0.25, -0.2) is 8.42 Å². The third-order valence-corrected chi connectivity index (χ3v) is 7.05. The number of anilines is 1. The molecule has 0 amide bonds. The molecule has 0 aliphatic heterocycles. The Morgan fingerprint density at radius 3 is 2.43 bits per heavy atom. The van der Waals surface area contributed by atoms with Crippen LogP contribution in [0.2, 0.25) is 0 Å².